The molecule has 21 heavy (non-hydrogen) atoms. The number of halogens is 2. The zero-order chi connectivity index (χ0) is 15.8. The van der Waals surface area contributed by atoms with Crippen LogP contribution in [-0.2, 0) is 0 Å². The highest BCUT2D eigenvalue weighted by Crippen LogP contribution is 2.20. The van der Waals surface area contributed by atoms with Gasteiger partial charge in [0.15, 0.2) is 0 Å². The Morgan fingerprint density at radius 2 is 1.71 bits per heavy atom. The highest BCUT2D eigenvalue weighted by Gasteiger charge is 2.15. The second kappa shape index (κ2) is 9.11. The summed E-state index contributed by atoms with van der Waals surface area (Å²) in [4.78, 5) is 2.36. The van der Waals surface area contributed by atoms with E-state index in [1.54, 1.807) is 0 Å². The van der Waals surface area contributed by atoms with Crippen molar-refractivity contribution in [2.24, 2.45) is 0 Å². The van der Waals surface area contributed by atoms with Gasteiger partial charge < -0.3 is 10.2 Å². The standard InChI is InChI=1S/C17H28F2N2/c1-5-8-20-17(7-9-21(6-2)13(3)4)14-10-15(18)12-16(19)11-14/h10-13,17,20H,5-9H2,1-4H3. The third kappa shape index (κ3) is 6.10. The van der Waals surface area contributed by atoms with E-state index in [2.05, 4.69) is 37.9 Å². The number of hydrogen-bond acceptors (Lipinski definition) is 2. The molecule has 0 heterocycles. The predicted octanol–water partition coefficient (Wildman–Crippen LogP) is 4.13. The number of rotatable bonds is 9. The molecule has 0 saturated heterocycles. The van der Waals surface area contributed by atoms with Gasteiger partial charge in [-0.25, -0.2) is 8.78 Å². The maximum absolute atomic E-state index is 13.4. The van der Waals surface area contributed by atoms with Gasteiger partial charge in [-0.2, -0.15) is 0 Å². The molecule has 1 aromatic carbocycles. The molecule has 1 rings (SSSR count). The molecule has 0 bridgehead atoms. The average Bonchev–Trinajstić information content (AvgIpc) is 2.41. The van der Waals surface area contributed by atoms with E-state index < -0.39 is 11.6 Å². The minimum absolute atomic E-state index is 0.0112. The van der Waals surface area contributed by atoms with Crippen molar-refractivity contribution >= 4 is 0 Å². The molecule has 1 aromatic rings. The van der Waals surface area contributed by atoms with Crippen molar-refractivity contribution in [3.8, 4) is 0 Å². The molecule has 0 amide bonds. The van der Waals surface area contributed by atoms with Crippen molar-refractivity contribution in [2.75, 3.05) is 19.6 Å². The molecule has 1 N–H and O–H groups in total. The summed E-state index contributed by atoms with van der Waals surface area (Å²) in [5.41, 5.74) is 0.695. The van der Waals surface area contributed by atoms with Gasteiger partial charge in [0.25, 0.3) is 0 Å². The van der Waals surface area contributed by atoms with Crippen LogP contribution >= 0.6 is 0 Å². The Bertz CT molecular complexity index is 401. The maximum Gasteiger partial charge on any atom is 0.126 e. The van der Waals surface area contributed by atoms with Crippen molar-refractivity contribution in [1.82, 2.24) is 10.2 Å². The Morgan fingerprint density at radius 3 is 2.19 bits per heavy atom. The molecule has 1 atom stereocenters. The lowest BCUT2D eigenvalue weighted by molar-refractivity contribution is 0.220. The molecule has 120 valence electrons. The molecule has 2 nitrogen and oxygen atoms in total. The molecule has 0 aliphatic carbocycles. The average molecular weight is 298 g/mol. The molecular weight excluding hydrogens is 270 g/mol. The van der Waals surface area contributed by atoms with Gasteiger partial charge in [0, 0.05) is 24.7 Å². The molecule has 0 radical (unpaired) electrons. The Kier molecular flexibility index (Phi) is 7.83. The van der Waals surface area contributed by atoms with Crippen molar-refractivity contribution in [3.05, 3.63) is 35.4 Å². The summed E-state index contributed by atoms with van der Waals surface area (Å²) in [5, 5.41) is 3.40. The van der Waals surface area contributed by atoms with Crippen LogP contribution in [0.2, 0.25) is 0 Å². The molecule has 4 heteroatoms. The zero-order valence-electron chi connectivity index (χ0n) is 13.6. The molecule has 0 saturated carbocycles. The van der Waals surface area contributed by atoms with Crippen LogP contribution in [0.5, 0.6) is 0 Å². The Balaban J connectivity index is 2.79. The molecule has 0 aliphatic rings. The van der Waals surface area contributed by atoms with Crippen molar-refractivity contribution < 1.29 is 8.78 Å². The van der Waals surface area contributed by atoms with Crippen LogP contribution in [0, 0.1) is 11.6 Å². The highest BCUT2D eigenvalue weighted by molar-refractivity contribution is 5.21. The smallest absolute Gasteiger partial charge is 0.126 e. The summed E-state index contributed by atoms with van der Waals surface area (Å²) in [6.45, 7) is 11.3. The molecular formula is C17H28F2N2. The van der Waals surface area contributed by atoms with Crippen LogP contribution in [0.25, 0.3) is 0 Å². The molecule has 0 aromatic heterocycles. The predicted molar refractivity (Wildman–Crippen MR) is 84.4 cm³/mol. The first-order chi connectivity index (χ1) is 9.97. The molecule has 0 aliphatic heterocycles. The lowest BCUT2D eigenvalue weighted by Gasteiger charge is -2.28. The summed E-state index contributed by atoms with van der Waals surface area (Å²) >= 11 is 0. The van der Waals surface area contributed by atoms with Gasteiger partial charge in [-0.15, -0.1) is 0 Å². The van der Waals surface area contributed by atoms with Crippen LogP contribution in [0.15, 0.2) is 18.2 Å². The first-order valence-electron chi connectivity index (χ1n) is 7.91. The second-order valence-electron chi connectivity index (χ2n) is 5.72. The minimum Gasteiger partial charge on any atom is -0.310 e. The van der Waals surface area contributed by atoms with E-state index in [4.69, 9.17) is 0 Å². The summed E-state index contributed by atoms with van der Waals surface area (Å²) in [7, 11) is 0. The van der Waals surface area contributed by atoms with E-state index in [1.807, 2.05) is 0 Å². The van der Waals surface area contributed by atoms with Gasteiger partial charge in [0.05, 0.1) is 0 Å². The van der Waals surface area contributed by atoms with Crippen LogP contribution in [0.1, 0.15) is 52.1 Å². The maximum atomic E-state index is 13.4. The number of benzene rings is 1. The Labute approximate surface area is 127 Å². The zero-order valence-corrected chi connectivity index (χ0v) is 13.6. The summed E-state index contributed by atoms with van der Waals surface area (Å²) in [6.07, 6.45) is 1.84. The molecule has 1 unspecified atom stereocenters. The van der Waals surface area contributed by atoms with Crippen molar-refractivity contribution in [1.29, 1.82) is 0 Å². The van der Waals surface area contributed by atoms with Gasteiger partial charge in [-0.1, -0.05) is 13.8 Å². The van der Waals surface area contributed by atoms with E-state index in [0.29, 0.717) is 11.6 Å². The van der Waals surface area contributed by atoms with Crippen molar-refractivity contribution in [2.45, 2.75) is 52.6 Å². The summed E-state index contributed by atoms with van der Waals surface area (Å²) < 4.78 is 26.9. The van der Waals surface area contributed by atoms with Crippen LogP contribution in [0.3, 0.4) is 0 Å². The molecule has 0 fully saturated rings. The lowest BCUT2D eigenvalue weighted by Crippen LogP contribution is -2.34. The normalized spacial score (nSPS) is 13.1. The number of hydrogen-bond donors (Lipinski definition) is 1. The second-order valence-corrected chi connectivity index (χ2v) is 5.72. The van der Waals surface area contributed by atoms with E-state index in [0.717, 1.165) is 38.5 Å². The SMILES string of the molecule is CCCNC(CCN(CC)C(C)C)c1cc(F)cc(F)c1. The Hall–Kier alpha value is -1.00. The topological polar surface area (TPSA) is 15.3 Å². The largest absolute Gasteiger partial charge is 0.310 e. The fourth-order valence-corrected chi connectivity index (χ4v) is 2.56. The number of nitrogens with zero attached hydrogens (tertiary/aromatic N) is 1. The van der Waals surface area contributed by atoms with Crippen LogP contribution in [0.4, 0.5) is 8.78 Å². The van der Waals surface area contributed by atoms with Gasteiger partial charge in [0.1, 0.15) is 11.6 Å². The fourth-order valence-electron chi connectivity index (χ4n) is 2.56. The fraction of sp³-hybridized carbons (Fsp3) is 0.647. The van der Waals surface area contributed by atoms with E-state index in [-0.39, 0.29) is 6.04 Å². The highest BCUT2D eigenvalue weighted by atomic mass is 19.1. The van der Waals surface area contributed by atoms with Crippen molar-refractivity contribution in [3.63, 3.8) is 0 Å². The van der Waals surface area contributed by atoms with Gasteiger partial charge in [-0.05, 0) is 57.5 Å². The van der Waals surface area contributed by atoms with E-state index in [9.17, 15) is 8.78 Å². The lowest BCUT2D eigenvalue weighted by atomic mass is 10.0. The van der Waals surface area contributed by atoms with E-state index in [1.165, 1.54) is 12.1 Å². The van der Waals surface area contributed by atoms with Crippen LogP contribution in [-0.4, -0.2) is 30.6 Å². The first-order valence-corrected chi connectivity index (χ1v) is 7.91. The third-order valence-corrected chi connectivity index (χ3v) is 3.77. The third-order valence-electron chi connectivity index (χ3n) is 3.77. The molecule has 0 spiro atoms. The summed E-state index contributed by atoms with van der Waals surface area (Å²) in [6, 6.07) is 4.26. The quantitative estimate of drug-likeness (QED) is 0.737. The Morgan fingerprint density at radius 1 is 1.10 bits per heavy atom. The van der Waals surface area contributed by atoms with Gasteiger partial charge in [-0.3, -0.25) is 0 Å². The monoisotopic (exact) mass is 298 g/mol. The van der Waals surface area contributed by atoms with Gasteiger partial charge >= 0.3 is 0 Å². The minimum atomic E-state index is -0.510. The van der Waals surface area contributed by atoms with Crippen LogP contribution < -0.4 is 5.32 Å². The first kappa shape index (κ1) is 18.1. The summed E-state index contributed by atoms with van der Waals surface area (Å²) in [5.74, 6) is -1.02. The van der Waals surface area contributed by atoms with Gasteiger partial charge in [0.2, 0.25) is 0 Å². The van der Waals surface area contributed by atoms with E-state index >= 15 is 0 Å². The number of nitrogens with one attached hydrogen (secondary N) is 1.